The number of rotatable bonds is 7. The summed E-state index contributed by atoms with van der Waals surface area (Å²) in [4.78, 5) is 40.1. The molecule has 1 aromatic rings. The Morgan fingerprint density at radius 2 is 1.70 bits per heavy atom. The molecule has 30 heavy (non-hydrogen) atoms. The Kier molecular flexibility index (Phi) is 7.85. The lowest BCUT2D eigenvalue weighted by Gasteiger charge is -2.31. The normalized spacial score (nSPS) is 21.7. The van der Waals surface area contributed by atoms with Gasteiger partial charge in [-0.05, 0) is 51.3 Å². The van der Waals surface area contributed by atoms with E-state index >= 15 is 0 Å². The fourth-order valence-electron chi connectivity index (χ4n) is 4.39. The van der Waals surface area contributed by atoms with Crippen LogP contribution in [0.1, 0.15) is 55.8 Å². The smallest absolute Gasteiger partial charge is 0.253 e. The monoisotopic (exact) mass is 414 g/mol. The van der Waals surface area contributed by atoms with Crippen LogP contribution in [0.2, 0.25) is 0 Å². The summed E-state index contributed by atoms with van der Waals surface area (Å²) < 4.78 is 0. The predicted molar refractivity (Wildman–Crippen MR) is 116 cm³/mol. The molecule has 1 heterocycles. The SMILES string of the molecule is CN[C@@H](C)C(=O)N[C@H](C(=O)N[C@H]1CCN(C(=O)c2ccccc2)C1)C1CCCCC1. The van der Waals surface area contributed by atoms with Crippen molar-refractivity contribution in [1.29, 1.82) is 0 Å². The number of carbonyl (C=O) groups excluding carboxylic acids is 3. The van der Waals surface area contributed by atoms with Crippen LogP contribution in [0, 0.1) is 5.92 Å². The second-order valence-corrected chi connectivity index (χ2v) is 8.51. The lowest BCUT2D eigenvalue weighted by atomic mass is 9.83. The molecule has 1 saturated heterocycles. The molecule has 0 spiro atoms. The standard InChI is InChI=1S/C23H34N4O3/c1-16(24-2)21(28)26-20(17-9-5-3-6-10-17)22(29)25-19-13-14-27(15-19)23(30)18-11-7-4-8-12-18/h4,7-8,11-12,16-17,19-20,24H,3,5-6,9-10,13-15H2,1-2H3,(H,25,29)(H,26,28)/t16-,19-,20-/m0/s1. The van der Waals surface area contributed by atoms with Gasteiger partial charge in [-0.25, -0.2) is 0 Å². The molecule has 7 nitrogen and oxygen atoms in total. The second kappa shape index (κ2) is 10.6. The van der Waals surface area contributed by atoms with Crippen molar-refractivity contribution >= 4 is 17.7 Å². The van der Waals surface area contributed by atoms with Crippen LogP contribution in [0.5, 0.6) is 0 Å². The highest BCUT2D eigenvalue weighted by molar-refractivity contribution is 5.94. The van der Waals surface area contributed by atoms with E-state index in [0.717, 1.165) is 32.1 Å². The summed E-state index contributed by atoms with van der Waals surface area (Å²) in [6.07, 6.45) is 6.00. The second-order valence-electron chi connectivity index (χ2n) is 8.51. The third-order valence-corrected chi connectivity index (χ3v) is 6.37. The number of likely N-dealkylation sites (tertiary alicyclic amines) is 1. The summed E-state index contributed by atoms with van der Waals surface area (Å²) >= 11 is 0. The molecule has 3 rings (SSSR count). The van der Waals surface area contributed by atoms with Crippen molar-refractivity contribution in [1.82, 2.24) is 20.9 Å². The quantitative estimate of drug-likeness (QED) is 0.633. The Morgan fingerprint density at radius 1 is 1.00 bits per heavy atom. The van der Waals surface area contributed by atoms with Crippen LogP contribution in [-0.4, -0.2) is 60.9 Å². The van der Waals surface area contributed by atoms with E-state index in [0.29, 0.717) is 18.7 Å². The van der Waals surface area contributed by atoms with Crippen LogP contribution in [-0.2, 0) is 9.59 Å². The fourth-order valence-corrected chi connectivity index (χ4v) is 4.39. The van der Waals surface area contributed by atoms with Gasteiger partial charge >= 0.3 is 0 Å². The van der Waals surface area contributed by atoms with Gasteiger partial charge in [-0.15, -0.1) is 0 Å². The Bertz CT molecular complexity index is 733. The highest BCUT2D eigenvalue weighted by Gasteiger charge is 2.35. The molecule has 2 fully saturated rings. The number of likely N-dealkylation sites (N-methyl/N-ethyl adjacent to an activating group) is 1. The van der Waals surface area contributed by atoms with Crippen LogP contribution < -0.4 is 16.0 Å². The average Bonchev–Trinajstić information content (AvgIpc) is 3.25. The molecule has 1 aliphatic heterocycles. The average molecular weight is 415 g/mol. The first kappa shape index (κ1) is 22.3. The van der Waals surface area contributed by atoms with Gasteiger partial charge in [0.05, 0.1) is 6.04 Å². The van der Waals surface area contributed by atoms with E-state index in [1.165, 1.54) is 6.42 Å². The number of nitrogens with zero attached hydrogens (tertiary/aromatic N) is 1. The zero-order valence-electron chi connectivity index (χ0n) is 18.0. The fraction of sp³-hybridized carbons (Fsp3) is 0.609. The van der Waals surface area contributed by atoms with Gasteiger partial charge < -0.3 is 20.9 Å². The molecular weight excluding hydrogens is 380 g/mol. The highest BCUT2D eigenvalue weighted by atomic mass is 16.2. The molecule has 1 aromatic carbocycles. The maximum absolute atomic E-state index is 13.1. The Labute approximate surface area is 179 Å². The van der Waals surface area contributed by atoms with Gasteiger partial charge in [-0.1, -0.05) is 37.5 Å². The van der Waals surface area contributed by atoms with Crippen LogP contribution in [0.4, 0.5) is 0 Å². The zero-order valence-corrected chi connectivity index (χ0v) is 18.0. The first-order valence-electron chi connectivity index (χ1n) is 11.1. The van der Waals surface area contributed by atoms with Gasteiger partial charge in [0.2, 0.25) is 11.8 Å². The van der Waals surface area contributed by atoms with E-state index in [9.17, 15) is 14.4 Å². The third kappa shape index (κ3) is 5.59. The Balaban J connectivity index is 1.60. The summed E-state index contributed by atoms with van der Waals surface area (Å²) in [6, 6.07) is 8.26. The molecule has 3 amide bonds. The Hall–Kier alpha value is -2.41. The summed E-state index contributed by atoms with van der Waals surface area (Å²) in [5.41, 5.74) is 0.665. The summed E-state index contributed by atoms with van der Waals surface area (Å²) in [7, 11) is 1.73. The minimum absolute atomic E-state index is 0.00710. The van der Waals surface area contributed by atoms with Crippen LogP contribution >= 0.6 is 0 Å². The van der Waals surface area contributed by atoms with Crippen molar-refractivity contribution in [2.75, 3.05) is 20.1 Å². The van der Waals surface area contributed by atoms with Gasteiger partial charge in [0.1, 0.15) is 6.04 Å². The van der Waals surface area contributed by atoms with E-state index < -0.39 is 6.04 Å². The topological polar surface area (TPSA) is 90.5 Å². The largest absolute Gasteiger partial charge is 0.350 e. The van der Waals surface area contributed by atoms with E-state index in [1.807, 2.05) is 30.3 Å². The maximum Gasteiger partial charge on any atom is 0.253 e. The molecule has 0 bridgehead atoms. The number of benzene rings is 1. The van der Waals surface area contributed by atoms with Crippen LogP contribution in [0.3, 0.4) is 0 Å². The number of carbonyl (C=O) groups is 3. The number of amides is 3. The Morgan fingerprint density at radius 3 is 2.37 bits per heavy atom. The van der Waals surface area contributed by atoms with Crippen molar-refractivity contribution in [3.8, 4) is 0 Å². The van der Waals surface area contributed by atoms with Crippen molar-refractivity contribution in [3.05, 3.63) is 35.9 Å². The van der Waals surface area contributed by atoms with E-state index in [1.54, 1.807) is 18.9 Å². The lowest BCUT2D eigenvalue weighted by Crippen LogP contribution is -2.56. The van der Waals surface area contributed by atoms with Crippen molar-refractivity contribution in [2.45, 2.75) is 63.6 Å². The summed E-state index contributed by atoms with van der Waals surface area (Å²) in [6.45, 7) is 2.91. The van der Waals surface area contributed by atoms with Gasteiger partial charge in [-0.3, -0.25) is 14.4 Å². The summed E-state index contributed by atoms with van der Waals surface area (Å²) in [5, 5.41) is 9.01. The van der Waals surface area contributed by atoms with Gasteiger partial charge in [0, 0.05) is 24.7 Å². The predicted octanol–water partition coefficient (Wildman–Crippen LogP) is 1.69. The molecular formula is C23H34N4O3. The number of nitrogens with one attached hydrogen (secondary N) is 3. The van der Waals surface area contributed by atoms with Crippen LogP contribution in [0.15, 0.2) is 30.3 Å². The third-order valence-electron chi connectivity index (χ3n) is 6.37. The molecule has 3 N–H and O–H groups in total. The molecule has 2 aliphatic rings. The van der Waals surface area contributed by atoms with Gasteiger partial charge in [0.15, 0.2) is 0 Å². The molecule has 7 heteroatoms. The first-order chi connectivity index (χ1) is 14.5. The number of hydrogen-bond acceptors (Lipinski definition) is 4. The van der Waals surface area contributed by atoms with Crippen molar-refractivity contribution < 1.29 is 14.4 Å². The number of hydrogen-bond donors (Lipinski definition) is 3. The van der Waals surface area contributed by atoms with E-state index in [4.69, 9.17) is 0 Å². The molecule has 3 atom stereocenters. The molecule has 0 radical (unpaired) electrons. The minimum atomic E-state index is -0.521. The molecule has 1 aliphatic carbocycles. The first-order valence-corrected chi connectivity index (χ1v) is 11.1. The van der Waals surface area contributed by atoms with E-state index in [2.05, 4.69) is 16.0 Å². The van der Waals surface area contributed by atoms with Crippen molar-refractivity contribution in [2.24, 2.45) is 5.92 Å². The summed E-state index contributed by atoms with van der Waals surface area (Å²) in [5.74, 6) is -0.129. The van der Waals surface area contributed by atoms with Gasteiger partial charge in [0.25, 0.3) is 5.91 Å². The van der Waals surface area contributed by atoms with E-state index in [-0.39, 0.29) is 35.7 Å². The van der Waals surface area contributed by atoms with Crippen molar-refractivity contribution in [3.63, 3.8) is 0 Å². The molecule has 0 unspecified atom stereocenters. The minimum Gasteiger partial charge on any atom is -0.350 e. The lowest BCUT2D eigenvalue weighted by molar-refractivity contribution is -0.131. The molecule has 0 aromatic heterocycles. The van der Waals surface area contributed by atoms with Crippen LogP contribution in [0.25, 0.3) is 0 Å². The maximum atomic E-state index is 13.1. The molecule has 164 valence electrons. The zero-order chi connectivity index (χ0) is 21.5. The molecule has 1 saturated carbocycles. The van der Waals surface area contributed by atoms with Gasteiger partial charge in [-0.2, -0.15) is 0 Å². The highest BCUT2D eigenvalue weighted by Crippen LogP contribution is 2.27.